The first-order valence-electron chi connectivity index (χ1n) is 12.6. The van der Waals surface area contributed by atoms with Crippen molar-refractivity contribution in [3.05, 3.63) is 75.9 Å². The molecule has 1 spiro atoms. The fourth-order valence-corrected chi connectivity index (χ4v) is 6.54. The molecule has 0 bridgehead atoms. The molecule has 0 radical (unpaired) electrons. The third-order valence-corrected chi connectivity index (χ3v) is 8.22. The SMILES string of the molecule is C=CCN1C(=O)[C@]2(O[C@H](CC(=O)N(CCO)Cc3ccccc3)[C@@H](C(C)(C)F)[C@@H]2C)c2cc(I)ccc21. The number of fused-ring (bicyclic) bond motifs is 2. The van der Waals surface area contributed by atoms with Crippen LogP contribution in [0.1, 0.15) is 38.3 Å². The van der Waals surface area contributed by atoms with Crippen molar-refractivity contribution in [2.24, 2.45) is 11.8 Å². The number of hydrogen-bond donors (Lipinski definition) is 1. The quantitative estimate of drug-likeness (QED) is 0.322. The fraction of sp³-hybridized carbons (Fsp3) is 0.448. The Hall–Kier alpha value is -2.30. The largest absolute Gasteiger partial charge is 0.395 e. The van der Waals surface area contributed by atoms with E-state index in [2.05, 4.69) is 29.2 Å². The van der Waals surface area contributed by atoms with Crippen LogP contribution in [-0.4, -0.2) is 53.3 Å². The average molecular weight is 621 g/mol. The van der Waals surface area contributed by atoms with Gasteiger partial charge in [-0.3, -0.25) is 9.59 Å². The Balaban J connectivity index is 1.70. The van der Waals surface area contributed by atoms with Gasteiger partial charge in [0.2, 0.25) is 5.91 Å². The molecule has 37 heavy (non-hydrogen) atoms. The van der Waals surface area contributed by atoms with Crippen LogP contribution in [0.2, 0.25) is 0 Å². The van der Waals surface area contributed by atoms with E-state index in [0.717, 1.165) is 14.8 Å². The minimum atomic E-state index is -1.71. The van der Waals surface area contributed by atoms with Gasteiger partial charge in [0.15, 0.2) is 5.60 Å². The van der Waals surface area contributed by atoms with Gasteiger partial charge < -0.3 is 19.6 Å². The lowest BCUT2D eigenvalue weighted by atomic mass is 9.71. The van der Waals surface area contributed by atoms with E-state index >= 15 is 4.39 Å². The molecule has 1 saturated heterocycles. The minimum Gasteiger partial charge on any atom is -0.395 e. The standard InChI is InChI=1S/C29H34FIN2O4/c1-5-13-33-23-12-11-21(31)16-22(23)29(27(33)36)19(2)26(28(3,4)30)24(37-29)17-25(35)32(14-15-34)18-20-9-7-6-8-10-20/h5-12,16,19,24,26,34H,1,13-15,17-18H2,2-4H3/t19-,24+,26-,29+/m0/s1. The summed E-state index contributed by atoms with van der Waals surface area (Å²) in [6.45, 7) is 9.21. The van der Waals surface area contributed by atoms with Crippen molar-refractivity contribution >= 4 is 40.1 Å². The molecule has 2 aliphatic heterocycles. The van der Waals surface area contributed by atoms with Gasteiger partial charge in [-0.1, -0.05) is 43.3 Å². The summed E-state index contributed by atoms with van der Waals surface area (Å²) in [6.07, 6.45) is 0.745. The van der Waals surface area contributed by atoms with E-state index in [1.165, 1.54) is 13.8 Å². The number of carbonyl (C=O) groups is 2. The van der Waals surface area contributed by atoms with Crippen LogP contribution < -0.4 is 4.90 Å². The number of carbonyl (C=O) groups excluding carboxylic acids is 2. The summed E-state index contributed by atoms with van der Waals surface area (Å²) in [5, 5.41) is 9.62. The zero-order valence-electron chi connectivity index (χ0n) is 21.5. The highest BCUT2D eigenvalue weighted by molar-refractivity contribution is 14.1. The summed E-state index contributed by atoms with van der Waals surface area (Å²) >= 11 is 2.20. The van der Waals surface area contributed by atoms with Crippen LogP contribution in [0.25, 0.3) is 0 Å². The number of benzene rings is 2. The summed E-state index contributed by atoms with van der Waals surface area (Å²) in [5.41, 5.74) is -0.730. The molecule has 2 heterocycles. The number of hydrogen-bond acceptors (Lipinski definition) is 4. The van der Waals surface area contributed by atoms with Crippen molar-refractivity contribution in [3.8, 4) is 0 Å². The Morgan fingerprint density at radius 3 is 2.62 bits per heavy atom. The lowest BCUT2D eigenvalue weighted by molar-refractivity contribution is -0.150. The topological polar surface area (TPSA) is 70.1 Å². The van der Waals surface area contributed by atoms with Crippen molar-refractivity contribution in [3.63, 3.8) is 0 Å². The Kier molecular flexibility index (Phi) is 8.11. The second kappa shape index (κ2) is 10.8. The van der Waals surface area contributed by atoms with E-state index in [1.54, 1.807) is 15.9 Å². The maximum Gasteiger partial charge on any atom is 0.264 e. The summed E-state index contributed by atoms with van der Waals surface area (Å²) in [4.78, 5) is 30.7. The van der Waals surface area contributed by atoms with Gasteiger partial charge in [-0.05, 0) is 60.2 Å². The van der Waals surface area contributed by atoms with Gasteiger partial charge in [-0.2, -0.15) is 0 Å². The smallest absolute Gasteiger partial charge is 0.264 e. The fourth-order valence-electron chi connectivity index (χ4n) is 6.05. The third-order valence-electron chi connectivity index (χ3n) is 7.55. The first kappa shape index (κ1) is 27.7. The minimum absolute atomic E-state index is 0.0923. The van der Waals surface area contributed by atoms with Gasteiger partial charge in [0, 0.05) is 40.6 Å². The van der Waals surface area contributed by atoms with Crippen LogP contribution >= 0.6 is 22.6 Å². The van der Waals surface area contributed by atoms with E-state index in [1.807, 2.05) is 55.5 Å². The molecule has 0 aromatic heterocycles. The van der Waals surface area contributed by atoms with E-state index < -0.39 is 29.2 Å². The molecule has 2 aromatic carbocycles. The predicted molar refractivity (Wildman–Crippen MR) is 150 cm³/mol. The molecule has 8 heteroatoms. The second-order valence-corrected chi connectivity index (χ2v) is 11.6. The molecule has 4 atom stereocenters. The van der Waals surface area contributed by atoms with Crippen LogP contribution in [0.4, 0.5) is 10.1 Å². The molecular formula is C29H34FIN2O4. The molecule has 6 nitrogen and oxygen atoms in total. The number of rotatable bonds is 9. The van der Waals surface area contributed by atoms with Crippen LogP contribution in [0.5, 0.6) is 0 Å². The highest BCUT2D eigenvalue weighted by atomic mass is 127. The molecule has 198 valence electrons. The van der Waals surface area contributed by atoms with Crippen LogP contribution in [0.15, 0.2) is 61.2 Å². The highest BCUT2D eigenvalue weighted by Gasteiger charge is 2.66. The predicted octanol–water partition coefficient (Wildman–Crippen LogP) is 4.83. The maximum absolute atomic E-state index is 15.8. The van der Waals surface area contributed by atoms with Crippen LogP contribution in [0, 0.1) is 15.4 Å². The Bertz CT molecular complexity index is 1170. The molecule has 1 N–H and O–H groups in total. The molecule has 0 saturated carbocycles. The number of aliphatic hydroxyl groups is 1. The molecule has 0 unspecified atom stereocenters. The van der Waals surface area contributed by atoms with Crippen molar-refractivity contribution in [1.82, 2.24) is 4.90 Å². The number of ether oxygens (including phenoxy) is 1. The molecular weight excluding hydrogens is 586 g/mol. The Morgan fingerprint density at radius 2 is 2.00 bits per heavy atom. The lowest BCUT2D eigenvalue weighted by Crippen LogP contribution is -2.45. The molecule has 4 rings (SSSR count). The molecule has 2 aliphatic rings. The number of alkyl halides is 1. The van der Waals surface area contributed by atoms with E-state index in [-0.39, 0.29) is 31.4 Å². The van der Waals surface area contributed by atoms with Crippen LogP contribution in [0.3, 0.4) is 0 Å². The number of halogens is 2. The van der Waals surface area contributed by atoms with Crippen molar-refractivity contribution in [2.75, 3.05) is 24.6 Å². The molecule has 0 aliphatic carbocycles. The normalized spacial score (nSPS) is 25.0. The Morgan fingerprint density at radius 1 is 1.30 bits per heavy atom. The van der Waals surface area contributed by atoms with Gasteiger partial charge >= 0.3 is 0 Å². The first-order chi connectivity index (χ1) is 17.5. The zero-order chi connectivity index (χ0) is 27.0. The van der Waals surface area contributed by atoms with Gasteiger partial charge in [0.05, 0.1) is 24.8 Å². The summed E-state index contributed by atoms with van der Waals surface area (Å²) in [6, 6.07) is 15.3. The molecule has 2 aromatic rings. The van der Waals surface area contributed by atoms with Crippen LogP contribution in [-0.2, 0) is 26.5 Å². The summed E-state index contributed by atoms with van der Waals surface area (Å²) in [5.74, 6) is -1.73. The van der Waals surface area contributed by atoms with E-state index in [0.29, 0.717) is 18.7 Å². The maximum atomic E-state index is 15.8. The summed E-state index contributed by atoms with van der Waals surface area (Å²) < 4.78 is 23.4. The van der Waals surface area contributed by atoms with Gasteiger partial charge in [0.25, 0.3) is 5.91 Å². The molecule has 2 amide bonds. The van der Waals surface area contributed by atoms with Crippen molar-refractivity contribution < 1.29 is 23.8 Å². The van der Waals surface area contributed by atoms with E-state index in [9.17, 15) is 14.7 Å². The third kappa shape index (κ3) is 5.07. The molecule has 1 fully saturated rings. The van der Waals surface area contributed by atoms with Gasteiger partial charge in [-0.15, -0.1) is 6.58 Å². The zero-order valence-corrected chi connectivity index (χ0v) is 23.7. The summed E-state index contributed by atoms with van der Waals surface area (Å²) in [7, 11) is 0. The first-order valence-corrected chi connectivity index (χ1v) is 13.6. The average Bonchev–Trinajstić information content (AvgIpc) is 3.26. The highest BCUT2D eigenvalue weighted by Crippen LogP contribution is 2.58. The lowest BCUT2D eigenvalue weighted by Gasteiger charge is -2.32. The van der Waals surface area contributed by atoms with Gasteiger partial charge in [0.1, 0.15) is 5.67 Å². The van der Waals surface area contributed by atoms with Crippen molar-refractivity contribution in [2.45, 2.75) is 51.1 Å². The number of nitrogens with zero attached hydrogens (tertiary/aromatic N) is 2. The van der Waals surface area contributed by atoms with E-state index in [4.69, 9.17) is 4.74 Å². The number of aliphatic hydroxyl groups excluding tert-OH is 1. The number of anilines is 1. The Labute approximate surface area is 231 Å². The number of amides is 2. The van der Waals surface area contributed by atoms with Crippen molar-refractivity contribution in [1.29, 1.82) is 0 Å². The monoisotopic (exact) mass is 620 g/mol. The second-order valence-electron chi connectivity index (χ2n) is 10.4. The van der Waals surface area contributed by atoms with Gasteiger partial charge in [-0.25, -0.2) is 4.39 Å².